The number of aromatic nitrogens is 2. The number of nitrogens with zero attached hydrogens (tertiary/aromatic N) is 3. The minimum absolute atomic E-state index is 0.119. The monoisotopic (exact) mass is 413 g/mol. The van der Waals surface area contributed by atoms with Crippen molar-refractivity contribution in [2.24, 2.45) is 0 Å². The second kappa shape index (κ2) is 8.19. The Kier molecular flexibility index (Phi) is 5.66. The van der Waals surface area contributed by atoms with Crippen molar-refractivity contribution in [3.63, 3.8) is 0 Å². The summed E-state index contributed by atoms with van der Waals surface area (Å²) in [6, 6.07) is 9.98. The number of ether oxygens (including phenoxy) is 1. The lowest BCUT2D eigenvalue weighted by atomic mass is 10.1. The molecule has 0 bridgehead atoms. The van der Waals surface area contributed by atoms with E-state index in [1.165, 1.54) is 22.2 Å². The number of thiophene rings is 1. The molecule has 5 nitrogen and oxygen atoms in total. The van der Waals surface area contributed by atoms with E-state index >= 15 is 0 Å². The predicted octanol–water partition coefficient (Wildman–Crippen LogP) is 4.31. The maximum atomic E-state index is 13.4. The van der Waals surface area contributed by atoms with Gasteiger partial charge in [0.1, 0.15) is 20.9 Å². The molecule has 1 aromatic carbocycles. The van der Waals surface area contributed by atoms with Crippen molar-refractivity contribution in [1.82, 2.24) is 14.9 Å². The lowest BCUT2D eigenvalue weighted by molar-refractivity contribution is -0.134. The highest BCUT2D eigenvalue weighted by molar-refractivity contribution is 8.00. The molecule has 7 heteroatoms. The Balaban J connectivity index is 1.76. The molecule has 28 heavy (non-hydrogen) atoms. The van der Waals surface area contributed by atoms with Crippen molar-refractivity contribution in [2.75, 3.05) is 26.3 Å². The highest BCUT2D eigenvalue weighted by Gasteiger charge is 2.30. The van der Waals surface area contributed by atoms with Crippen molar-refractivity contribution in [2.45, 2.75) is 31.0 Å². The first-order chi connectivity index (χ1) is 13.5. The second-order valence-electron chi connectivity index (χ2n) is 6.89. The third kappa shape index (κ3) is 3.79. The summed E-state index contributed by atoms with van der Waals surface area (Å²) >= 11 is 3.23. The Morgan fingerprint density at radius 3 is 2.57 bits per heavy atom. The number of morpholine rings is 1. The average Bonchev–Trinajstić information content (AvgIpc) is 3.00. The summed E-state index contributed by atoms with van der Waals surface area (Å²) in [7, 11) is 0. The Labute approximate surface area is 173 Å². The van der Waals surface area contributed by atoms with Gasteiger partial charge in [-0.05, 0) is 31.9 Å². The average molecular weight is 414 g/mol. The number of thioether (sulfide) groups is 1. The molecule has 0 radical (unpaired) electrons. The van der Waals surface area contributed by atoms with E-state index in [2.05, 4.69) is 18.8 Å². The summed E-state index contributed by atoms with van der Waals surface area (Å²) in [6.45, 7) is 8.59. The fourth-order valence-electron chi connectivity index (χ4n) is 3.35. The SMILES string of the molecule is Cc1nc(S[C@@H](C(=O)N2CCOCC2)c2ccccc2)c2c(C)c(C)sc2n1. The lowest BCUT2D eigenvalue weighted by Gasteiger charge is -2.30. The zero-order valence-electron chi connectivity index (χ0n) is 16.3. The van der Waals surface area contributed by atoms with Crippen LogP contribution in [-0.2, 0) is 9.53 Å². The number of rotatable bonds is 4. The highest BCUT2D eigenvalue weighted by Crippen LogP contribution is 2.42. The second-order valence-corrected chi connectivity index (χ2v) is 9.18. The molecule has 1 aliphatic rings. The van der Waals surface area contributed by atoms with Gasteiger partial charge >= 0.3 is 0 Å². The van der Waals surface area contributed by atoms with Crippen molar-refractivity contribution >= 4 is 39.2 Å². The van der Waals surface area contributed by atoms with Crippen LogP contribution >= 0.6 is 23.1 Å². The molecule has 1 atom stereocenters. The van der Waals surface area contributed by atoms with Gasteiger partial charge in [0.05, 0.1) is 13.2 Å². The van der Waals surface area contributed by atoms with E-state index in [-0.39, 0.29) is 11.2 Å². The molecular formula is C21H23N3O2S2. The van der Waals surface area contributed by atoms with Crippen molar-refractivity contribution in [3.05, 3.63) is 52.2 Å². The molecule has 146 valence electrons. The normalized spacial score (nSPS) is 15.8. The fourth-order valence-corrected chi connectivity index (χ4v) is 5.81. The molecule has 2 aromatic heterocycles. The Morgan fingerprint density at radius 1 is 1.14 bits per heavy atom. The fraction of sp³-hybridized carbons (Fsp3) is 0.381. The maximum absolute atomic E-state index is 13.4. The molecule has 4 rings (SSSR count). The van der Waals surface area contributed by atoms with Crippen LogP contribution in [0.3, 0.4) is 0 Å². The number of carbonyl (C=O) groups excluding carboxylic acids is 1. The van der Waals surface area contributed by atoms with E-state index in [9.17, 15) is 4.79 Å². The number of amides is 1. The zero-order valence-corrected chi connectivity index (χ0v) is 17.9. The minimum atomic E-state index is -0.337. The van der Waals surface area contributed by atoms with Crippen LogP contribution in [0.4, 0.5) is 0 Å². The molecule has 3 aromatic rings. The van der Waals surface area contributed by atoms with Gasteiger partial charge in [-0.2, -0.15) is 0 Å². The van der Waals surface area contributed by atoms with E-state index < -0.39 is 0 Å². The van der Waals surface area contributed by atoms with Crippen LogP contribution in [0.5, 0.6) is 0 Å². The van der Waals surface area contributed by atoms with Crippen LogP contribution in [-0.4, -0.2) is 47.1 Å². The van der Waals surface area contributed by atoms with Crippen molar-refractivity contribution < 1.29 is 9.53 Å². The molecule has 0 aliphatic carbocycles. The van der Waals surface area contributed by atoms with E-state index in [4.69, 9.17) is 9.72 Å². The van der Waals surface area contributed by atoms with Crippen molar-refractivity contribution in [3.8, 4) is 0 Å². The quantitative estimate of drug-likeness (QED) is 0.471. The van der Waals surface area contributed by atoms with Crippen LogP contribution in [0, 0.1) is 20.8 Å². The van der Waals surface area contributed by atoms with Gasteiger partial charge in [0.15, 0.2) is 0 Å². The Bertz CT molecular complexity index is 998. The standard InChI is InChI=1S/C21H23N3O2S2/c1-13-14(2)27-19-17(13)20(23-15(3)22-19)28-18(16-7-5-4-6-8-16)21(25)24-9-11-26-12-10-24/h4-8,18H,9-12H2,1-3H3/t18-/m1/s1. The van der Waals surface area contributed by atoms with Crippen LogP contribution in [0.25, 0.3) is 10.2 Å². The van der Waals surface area contributed by atoms with E-state index in [0.29, 0.717) is 26.3 Å². The Hall–Kier alpha value is -1.96. The van der Waals surface area contributed by atoms with Gasteiger partial charge in [-0.1, -0.05) is 42.1 Å². The van der Waals surface area contributed by atoms with Crippen molar-refractivity contribution in [1.29, 1.82) is 0 Å². The predicted molar refractivity (Wildman–Crippen MR) is 114 cm³/mol. The summed E-state index contributed by atoms with van der Waals surface area (Å²) in [5.74, 6) is 0.857. The first-order valence-electron chi connectivity index (χ1n) is 9.37. The molecule has 1 saturated heterocycles. The van der Waals surface area contributed by atoms with E-state index in [0.717, 1.165) is 26.6 Å². The van der Waals surface area contributed by atoms with E-state index in [1.54, 1.807) is 11.3 Å². The highest BCUT2D eigenvalue weighted by atomic mass is 32.2. The lowest BCUT2D eigenvalue weighted by Crippen LogP contribution is -2.42. The first kappa shape index (κ1) is 19.4. The van der Waals surface area contributed by atoms with Gasteiger partial charge < -0.3 is 9.64 Å². The largest absolute Gasteiger partial charge is 0.378 e. The zero-order chi connectivity index (χ0) is 19.7. The van der Waals surface area contributed by atoms with E-state index in [1.807, 2.05) is 42.2 Å². The summed E-state index contributed by atoms with van der Waals surface area (Å²) in [5.41, 5.74) is 2.20. The summed E-state index contributed by atoms with van der Waals surface area (Å²) in [6.07, 6.45) is 0. The summed E-state index contributed by atoms with van der Waals surface area (Å²) in [5, 5.41) is 1.63. The molecule has 1 aliphatic heterocycles. The van der Waals surface area contributed by atoms with Gasteiger partial charge in [-0.25, -0.2) is 9.97 Å². The van der Waals surface area contributed by atoms with Crippen LogP contribution in [0.1, 0.15) is 27.1 Å². The molecule has 3 heterocycles. The summed E-state index contributed by atoms with van der Waals surface area (Å²) < 4.78 is 5.43. The smallest absolute Gasteiger partial charge is 0.240 e. The Morgan fingerprint density at radius 2 is 1.86 bits per heavy atom. The van der Waals surface area contributed by atoms with Gasteiger partial charge in [-0.3, -0.25) is 4.79 Å². The number of aryl methyl sites for hydroxylation is 3. The van der Waals surface area contributed by atoms with Gasteiger partial charge in [0, 0.05) is 23.4 Å². The first-order valence-corrected chi connectivity index (χ1v) is 11.1. The van der Waals surface area contributed by atoms with Gasteiger partial charge in [0.25, 0.3) is 0 Å². The van der Waals surface area contributed by atoms with Gasteiger partial charge in [0.2, 0.25) is 5.91 Å². The number of hydrogen-bond acceptors (Lipinski definition) is 6. The molecule has 0 spiro atoms. The summed E-state index contributed by atoms with van der Waals surface area (Å²) in [4.78, 5) is 26.9. The minimum Gasteiger partial charge on any atom is -0.378 e. The van der Waals surface area contributed by atoms with Gasteiger partial charge in [-0.15, -0.1) is 11.3 Å². The third-order valence-corrected chi connectivity index (χ3v) is 7.32. The maximum Gasteiger partial charge on any atom is 0.240 e. The molecule has 1 amide bonds. The third-order valence-electron chi connectivity index (χ3n) is 4.99. The molecular weight excluding hydrogens is 390 g/mol. The number of hydrogen-bond donors (Lipinski definition) is 0. The molecule has 0 N–H and O–H groups in total. The number of benzene rings is 1. The molecule has 0 saturated carbocycles. The van der Waals surface area contributed by atoms with Crippen LogP contribution < -0.4 is 0 Å². The number of carbonyl (C=O) groups is 1. The molecule has 1 fully saturated rings. The molecule has 0 unspecified atom stereocenters. The number of fused-ring (bicyclic) bond motifs is 1. The van der Waals surface area contributed by atoms with Crippen LogP contribution in [0.15, 0.2) is 35.4 Å². The topological polar surface area (TPSA) is 55.3 Å². The van der Waals surface area contributed by atoms with Crippen LogP contribution in [0.2, 0.25) is 0 Å².